The van der Waals surface area contributed by atoms with Gasteiger partial charge >= 0.3 is 5.97 Å². The Balaban J connectivity index is 2.91. The molecule has 0 saturated heterocycles. The number of hydrogen-bond acceptors (Lipinski definition) is 3. The summed E-state index contributed by atoms with van der Waals surface area (Å²) < 4.78 is 0. The molecule has 25 heavy (non-hydrogen) atoms. The van der Waals surface area contributed by atoms with Crippen LogP contribution in [0.15, 0.2) is 12.2 Å². The summed E-state index contributed by atoms with van der Waals surface area (Å²) in [6.45, 7) is 2.69. The molecule has 0 spiro atoms. The molecule has 1 aliphatic heterocycles. The molecular formula is C19H32N2O4. The van der Waals surface area contributed by atoms with Crippen molar-refractivity contribution in [1.29, 1.82) is 0 Å². The van der Waals surface area contributed by atoms with Crippen LogP contribution >= 0.6 is 0 Å². The van der Waals surface area contributed by atoms with Crippen LogP contribution < -0.4 is 5.32 Å². The molecule has 0 aromatic rings. The number of nitrogens with zero attached hydrogens (tertiary/aromatic N) is 1. The summed E-state index contributed by atoms with van der Waals surface area (Å²) in [6.07, 6.45) is 10.3. The Morgan fingerprint density at radius 2 is 1.96 bits per heavy atom. The Bertz CT molecular complexity index is 476. The molecule has 142 valence electrons. The molecule has 0 aromatic carbocycles. The zero-order valence-electron chi connectivity index (χ0n) is 15.5. The quantitative estimate of drug-likeness (QED) is 0.745. The predicted octanol–water partition coefficient (Wildman–Crippen LogP) is 2.73. The second kappa shape index (κ2) is 11.7. The minimum absolute atomic E-state index is 0.0862. The van der Waals surface area contributed by atoms with Crippen LogP contribution in [0.2, 0.25) is 0 Å². The largest absolute Gasteiger partial charge is 0.481 e. The van der Waals surface area contributed by atoms with E-state index in [0.29, 0.717) is 19.4 Å². The van der Waals surface area contributed by atoms with Gasteiger partial charge in [-0.3, -0.25) is 14.4 Å². The summed E-state index contributed by atoms with van der Waals surface area (Å²) in [5.41, 5.74) is 0. The number of carboxylic acids is 1. The summed E-state index contributed by atoms with van der Waals surface area (Å²) in [5.74, 6) is -1.97. The van der Waals surface area contributed by atoms with Crippen molar-refractivity contribution in [2.24, 2.45) is 5.92 Å². The number of nitrogens with one attached hydrogen (secondary N) is 1. The molecule has 0 fully saturated rings. The number of carbonyl (C=O) groups excluding carboxylic acids is 2. The zero-order valence-corrected chi connectivity index (χ0v) is 15.5. The van der Waals surface area contributed by atoms with Gasteiger partial charge in [-0.15, -0.1) is 0 Å². The molecule has 1 heterocycles. The van der Waals surface area contributed by atoms with Crippen LogP contribution in [0, 0.1) is 5.92 Å². The molecule has 2 N–H and O–H groups in total. The molecule has 1 rings (SSSR count). The van der Waals surface area contributed by atoms with Gasteiger partial charge in [0.25, 0.3) is 0 Å². The van der Waals surface area contributed by atoms with Crippen LogP contribution in [-0.4, -0.2) is 47.4 Å². The number of likely N-dealkylation sites (N-methyl/N-ethyl adjacent to an activating group) is 1. The van der Waals surface area contributed by atoms with E-state index in [0.717, 1.165) is 38.5 Å². The van der Waals surface area contributed by atoms with Crippen molar-refractivity contribution in [3.63, 3.8) is 0 Å². The molecule has 0 radical (unpaired) electrons. The van der Waals surface area contributed by atoms with E-state index in [1.165, 1.54) is 0 Å². The van der Waals surface area contributed by atoms with Crippen molar-refractivity contribution < 1.29 is 19.5 Å². The third kappa shape index (κ3) is 8.18. The van der Waals surface area contributed by atoms with Crippen molar-refractivity contribution >= 4 is 17.8 Å². The van der Waals surface area contributed by atoms with E-state index in [4.69, 9.17) is 5.11 Å². The number of carbonyl (C=O) groups is 3. The first-order valence-electron chi connectivity index (χ1n) is 9.37. The van der Waals surface area contributed by atoms with E-state index < -0.39 is 17.9 Å². The minimum Gasteiger partial charge on any atom is -0.481 e. The fourth-order valence-corrected chi connectivity index (χ4v) is 3.03. The second-order valence-electron chi connectivity index (χ2n) is 6.80. The minimum atomic E-state index is -0.981. The van der Waals surface area contributed by atoms with Gasteiger partial charge in [-0.2, -0.15) is 0 Å². The molecule has 0 saturated carbocycles. The van der Waals surface area contributed by atoms with Gasteiger partial charge in [0.1, 0.15) is 6.04 Å². The Morgan fingerprint density at radius 1 is 1.28 bits per heavy atom. The lowest BCUT2D eigenvalue weighted by Gasteiger charge is -2.26. The third-order valence-electron chi connectivity index (χ3n) is 4.58. The van der Waals surface area contributed by atoms with Crippen LogP contribution in [0.4, 0.5) is 0 Å². The van der Waals surface area contributed by atoms with E-state index in [2.05, 4.69) is 17.5 Å². The summed E-state index contributed by atoms with van der Waals surface area (Å²) >= 11 is 0. The maximum absolute atomic E-state index is 12.7. The summed E-state index contributed by atoms with van der Waals surface area (Å²) in [4.78, 5) is 38.0. The van der Waals surface area contributed by atoms with Crippen molar-refractivity contribution in [3.8, 4) is 0 Å². The van der Waals surface area contributed by atoms with Gasteiger partial charge in [0, 0.05) is 19.5 Å². The van der Waals surface area contributed by atoms with Gasteiger partial charge in [0.05, 0.1) is 6.42 Å². The van der Waals surface area contributed by atoms with Crippen LogP contribution in [-0.2, 0) is 14.4 Å². The maximum Gasteiger partial charge on any atom is 0.304 e. The Hall–Kier alpha value is -1.85. The molecule has 2 amide bonds. The smallest absolute Gasteiger partial charge is 0.304 e. The maximum atomic E-state index is 12.7. The van der Waals surface area contributed by atoms with Crippen LogP contribution in [0.3, 0.4) is 0 Å². The van der Waals surface area contributed by atoms with E-state index >= 15 is 0 Å². The van der Waals surface area contributed by atoms with Crippen molar-refractivity contribution in [3.05, 3.63) is 12.2 Å². The number of hydrogen-bond donors (Lipinski definition) is 2. The number of amides is 2. The van der Waals surface area contributed by atoms with Gasteiger partial charge in [-0.1, -0.05) is 31.9 Å². The van der Waals surface area contributed by atoms with Gasteiger partial charge in [0.15, 0.2) is 0 Å². The molecule has 0 unspecified atom stereocenters. The highest BCUT2D eigenvalue weighted by Gasteiger charge is 2.28. The van der Waals surface area contributed by atoms with E-state index in [9.17, 15) is 14.4 Å². The molecule has 0 aromatic heterocycles. The van der Waals surface area contributed by atoms with Crippen LogP contribution in [0.25, 0.3) is 0 Å². The average Bonchev–Trinajstić information content (AvgIpc) is 2.57. The van der Waals surface area contributed by atoms with Gasteiger partial charge in [-0.05, 0) is 38.5 Å². The molecule has 2 atom stereocenters. The average molecular weight is 352 g/mol. The number of unbranched alkanes of at least 4 members (excludes halogenated alkanes) is 1. The molecule has 6 nitrogen and oxygen atoms in total. The first kappa shape index (κ1) is 21.2. The van der Waals surface area contributed by atoms with Crippen molar-refractivity contribution in [1.82, 2.24) is 10.2 Å². The standard InChI is InChI=1S/C19H32N2O4/c1-3-4-12-16-19(25)21(2)13-10-8-6-5-7-9-11-15(14-17(22)23)18(24)20-16/h5-6,15-16H,3-4,7-14H2,1-2H3,(H,20,24)(H,22,23)/t15-,16+/m1/s1. The van der Waals surface area contributed by atoms with Crippen molar-refractivity contribution in [2.45, 2.75) is 70.8 Å². The Morgan fingerprint density at radius 3 is 2.60 bits per heavy atom. The Kier molecular flexibility index (Phi) is 9.88. The highest BCUT2D eigenvalue weighted by atomic mass is 16.4. The fourth-order valence-electron chi connectivity index (χ4n) is 3.03. The van der Waals surface area contributed by atoms with E-state index in [-0.39, 0.29) is 18.2 Å². The Labute approximate surface area is 150 Å². The van der Waals surface area contributed by atoms with Gasteiger partial charge in [0.2, 0.25) is 11.8 Å². The molecular weight excluding hydrogens is 320 g/mol. The first-order valence-corrected chi connectivity index (χ1v) is 9.37. The van der Waals surface area contributed by atoms with Gasteiger partial charge in [-0.25, -0.2) is 0 Å². The summed E-state index contributed by atoms with van der Waals surface area (Å²) in [5, 5.41) is 11.9. The van der Waals surface area contributed by atoms with Gasteiger partial charge < -0.3 is 15.3 Å². The number of allylic oxidation sites excluding steroid dienone is 2. The van der Waals surface area contributed by atoms with Crippen LogP contribution in [0.5, 0.6) is 0 Å². The molecule has 0 bridgehead atoms. The molecule has 0 aliphatic carbocycles. The fraction of sp³-hybridized carbons (Fsp3) is 0.737. The lowest BCUT2D eigenvalue weighted by molar-refractivity contribution is -0.142. The lowest BCUT2D eigenvalue weighted by Crippen LogP contribution is -2.49. The monoisotopic (exact) mass is 352 g/mol. The zero-order chi connectivity index (χ0) is 18.7. The number of carboxylic acid groups (broad SMARTS) is 1. The number of aliphatic carboxylic acids is 1. The predicted molar refractivity (Wildman–Crippen MR) is 97.1 cm³/mol. The molecule has 6 heteroatoms. The third-order valence-corrected chi connectivity index (χ3v) is 4.58. The van der Waals surface area contributed by atoms with Crippen molar-refractivity contribution in [2.75, 3.05) is 13.6 Å². The van der Waals surface area contributed by atoms with Crippen LogP contribution in [0.1, 0.15) is 64.7 Å². The number of rotatable bonds is 5. The SMILES string of the molecule is CCCC[C@@H]1NC(=O)[C@@H](CC(=O)O)CCCC=CCCCN(C)C1=O. The second-order valence-corrected chi connectivity index (χ2v) is 6.80. The highest BCUT2D eigenvalue weighted by Crippen LogP contribution is 2.16. The topological polar surface area (TPSA) is 86.7 Å². The van der Waals surface area contributed by atoms with E-state index in [1.54, 1.807) is 11.9 Å². The molecule has 1 aliphatic rings. The normalized spacial score (nSPS) is 23.8. The highest BCUT2D eigenvalue weighted by molar-refractivity contribution is 5.89. The first-order chi connectivity index (χ1) is 12.0. The summed E-state index contributed by atoms with van der Waals surface area (Å²) in [6, 6.07) is -0.563. The van der Waals surface area contributed by atoms with E-state index in [1.807, 2.05) is 6.92 Å². The lowest BCUT2D eigenvalue weighted by atomic mass is 9.96. The summed E-state index contributed by atoms with van der Waals surface area (Å²) in [7, 11) is 1.76.